The van der Waals surface area contributed by atoms with Crippen molar-refractivity contribution < 1.29 is 0 Å². The molecule has 2 heteroatoms. The van der Waals surface area contributed by atoms with Crippen LogP contribution < -0.4 is 0 Å². The average Bonchev–Trinajstić information content (AvgIpc) is 3.81. The summed E-state index contributed by atoms with van der Waals surface area (Å²) in [6.45, 7) is 0. The van der Waals surface area contributed by atoms with Crippen LogP contribution in [0.4, 0.5) is 0 Å². The molecule has 0 aliphatic rings. The fourth-order valence-corrected chi connectivity index (χ4v) is 9.46. The zero-order valence-corrected chi connectivity index (χ0v) is 31.4. The first kappa shape index (κ1) is 32.4. The van der Waals surface area contributed by atoms with Gasteiger partial charge in [-0.1, -0.05) is 146 Å². The van der Waals surface area contributed by atoms with Gasteiger partial charge in [0.2, 0.25) is 0 Å². The summed E-state index contributed by atoms with van der Waals surface area (Å²) in [6.07, 6.45) is 0. The maximum atomic E-state index is 2.43. The Kier molecular flexibility index (Phi) is 7.75. The van der Waals surface area contributed by atoms with E-state index in [4.69, 9.17) is 0 Å². The second-order valence-electron chi connectivity index (χ2n) is 14.6. The van der Waals surface area contributed by atoms with Gasteiger partial charge < -0.3 is 4.57 Å². The Morgan fingerprint density at radius 1 is 0.250 bits per heavy atom. The molecule has 262 valence electrons. The molecule has 0 spiro atoms. The molecular weight excluding hydrogens is 695 g/mol. The van der Waals surface area contributed by atoms with Crippen LogP contribution in [0.1, 0.15) is 0 Å². The molecule has 0 N–H and O–H groups in total. The molecule has 0 saturated carbocycles. The van der Waals surface area contributed by atoms with E-state index in [1.807, 2.05) is 11.3 Å². The molecule has 0 atom stereocenters. The predicted octanol–water partition coefficient (Wildman–Crippen LogP) is 15.5. The lowest BCUT2D eigenvalue weighted by atomic mass is 9.96. The van der Waals surface area contributed by atoms with Crippen LogP contribution >= 0.6 is 11.3 Å². The Morgan fingerprint density at radius 2 is 0.607 bits per heavy atom. The van der Waals surface area contributed by atoms with Crippen LogP contribution in [0.2, 0.25) is 0 Å². The summed E-state index contributed by atoms with van der Waals surface area (Å²) in [5, 5.41) is 5.11. The van der Waals surface area contributed by atoms with E-state index in [9.17, 15) is 0 Å². The maximum absolute atomic E-state index is 2.43. The minimum atomic E-state index is 1.15. The number of rotatable bonds is 6. The van der Waals surface area contributed by atoms with Gasteiger partial charge >= 0.3 is 0 Å². The van der Waals surface area contributed by atoms with Gasteiger partial charge in [0, 0.05) is 36.6 Å². The van der Waals surface area contributed by atoms with Crippen molar-refractivity contribution >= 4 is 53.3 Å². The van der Waals surface area contributed by atoms with Gasteiger partial charge in [-0.25, -0.2) is 0 Å². The third kappa shape index (κ3) is 5.62. The molecule has 0 unspecified atom stereocenters. The molecule has 0 fully saturated rings. The fourth-order valence-electron chi connectivity index (χ4n) is 8.39. The average molecular weight is 730 g/mol. The number of nitrogens with zero attached hydrogens (tertiary/aromatic N) is 1. The van der Waals surface area contributed by atoms with Crippen molar-refractivity contribution in [3.8, 4) is 61.3 Å². The van der Waals surface area contributed by atoms with Crippen LogP contribution in [-0.4, -0.2) is 4.57 Å². The van der Waals surface area contributed by atoms with Crippen molar-refractivity contribution in [1.29, 1.82) is 0 Å². The topological polar surface area (TPSA) is 4.93 Å². The highest BCUT2D eigenvalue weighted by atomic mass is 32.1. The van der Waals surface area contributed by atoms with Gasteiger partial charge in [0.25, 0.3) is 0 Å². The standard InChI is InChI=1S/C54H35NS/c1-4-12-36(13-5-1)41-20-11-21-46(31-41)55-51-26-22-42(37-14-6-2-7-15-37)32-47(51)48-33-44(23-27-52(48)55)39-18-10-19-40(30-39)45-25-29-54-50(35-45)49-34-43(24-28-53(49)56-54)38-16-8-3-9-17-38/h1-35H. The van der Waals surface area contributed by atoms with Crippen LogP contribution in [0.3, 0.4) is 0 Å². The number of benzene rings is 9. The number of thiophene rings is 1. The molecule has 0 aliphatic heterocycles. The van der Waals surface area contributed by atoms with Crippen molar-refractivity contribution in [2.24, 2.45) is 0 Å². The van der Waals surface area contributed by atoms with Crippen molar-refractivity contribution in [2.45, 2.75) is 0 Å². The van der Waals surface area contributed by atoms with E-state index in [0.29, 0.717) is 0 Å². The largest absolute Gasteiger partial charge is 0.309 e. The van der Waals surface area contributed by atoms with Gasteiger partial charge in [0.05, 0.1) is 11.0 Å². The zero-order valence-electron chi connectivity index (χ0n) is 30.6. The molecular formula is C54H35NS. The fraction of sp³-hybridized carbons (Fsp3) is 0. The molecule has 0 amide bonds. The summed E-state index contributed by atoms with van der Waals surface area (Å²) in [5.74, 6) is 0. The van der Waals surface area contributed by atoms with Crippen LogP contribution in [-0.2, 0) is 0 Å². The minimum Gasteiger partial charge on any atom is -0.309 e. The summed E-state index contributed by atoms with van der Waals surface area (Å²) < 4.78 is 5.06. The highest BCUT2D eigenvalue weighted by molar-refractivity contribution is 7.25. The molecule has 0 aliphatic carbocycles. The van der Waals surface area contributed by atoms with E-state index >= 15 is 0 Å². The van der Waals surface area contributed by atoms with Crippen molar-refractivity contribution in [1.82, 2.24) is 4.57 Å². The maximum Gasteiger partial charge on any atom is 0.0541 e. The van der Waals surface area contributed by atoms with E-state index in [-0.39, 0.29) is 0 Å². The lowest BCUT2D eigenvalue weighted by Gasteiger charge is -2.11. The number of fused-ring (bicyclic) bond motifs is 6. The molecule has 56 heavy (non-hydrogen) atoms. The number of aromatic nitrogens is 1. The SMILES string of the molecule is c1ccc(-c2cccc(-n3c4ccc(-c5ccccc5)cc4c4cc(-c5cccc(-c6ccc7sc8ccc(-c9ccccc9)cc8c7c6)c5)ccc43)c2)cc1. The molecule has 0 radical (unpaired) electrons. The molecule has 9 aromatic carbocycles. The summed E-state index contributed by atoms with van der Waals surface area (Å²) in [5.41, 5.74) is 15.8. The van der Waals surface area contributed by atoms with Crippen molar-refractivity contribution in [3.05, 3.63) is 212 Å². The Hall–Kier alpha value is -7.00. The Bertz CT molecular complexity index is 3230. The van der Waals surface area contributed by atoms with E-state index in [0.717, 1.165) is 5.69 Å². The monoisotopic (exact) mass is 729 g/mol. The van der Waals surface area contributed by atoms with Gasteiger partial charge in [0.15, 0.2) is 0 Å². The van der Waals surface area contributed by atoms with Crippen LogP contribution in [0.5, 0.6) is 0 Å². The van der Waals surface area contributed by atoms with E-state index in [2.05, 4.69) is 217 Å². The minimum absolute atomic E-state index is 1.15. The summed E-state index contributed by atoms with van der Waals surface area (Å²) >= 11 is 1.87. The van der Waals surface area contributed by atoms with Crippen LogP contribution in [0.25, 0.3) is 103 Å². The van der Waals surface area contributed by atoms with E-state index in [1.54, 1.807) is 0 Å². The first-order chi connectivity index (χ1) is 27.7. The lowest BCUT2D eigenvalue weighted by molar-refractivity contribution is 1.18. The van der Waals surface area contributed by atoms with E-state index < -0.39 is 0 Å². The second-order valence-corrected chi connectivity index (χ2v) is 15.6. The second kappa shape index (κ2) is 13.4. The van der Waals surface area contributed by atoms with Gasteiger partial charge in [-0.2, -0.15) is 0 Å². The van der Waals surface area contributed by atoms with Crippen LogP contribution in [0.15, 0.2) is 212 Å². The van der Waals surface area contributed by atoms with Crippen molar-refractivity contribution in [2.75, 3.05) is 0 Å². The quantitative estimate of drug-likeness (QED) is 0.161. The zero-order chi connectivity index (χ0) is 37.0. The van der Waals surface area contributed by atoms with Gasteiger partial charge in [-0.05, 0) is 122 Å². The molecule has 0 saturated heterocycles. The predicted molar refractivity (Wildman–Crippen MR) is 241 cm³/mol. The van der Waals surface area contributed by atoms with E-state index in [1.165, 1.54) is 97.6 Å². The molecule has 2 heterocycles. The number of hydrogen-bond acceptors (Lipinski definition) is 1. The molecule has 11 aromatic rings. The van der Waals surface area contributed by atoms with Crippen LogP contribution in [0, 0.1) is 0 Å². The summed E-state index contributed by atoms with van der Waals surface area (Å²) in [6, 6.07) is 77.7. The summed E-state index contributed by atoms with van der Waals surface area (Å²) in [7, 11) is 0. The third-order valence-corrected chi connectivity index (χ3v) is 12.3. The highest BCUT2D eigenvalue weighted by Gasteiger charge is 2.16. The first-order valence-corrected chi connectivity index (χ1v) is 20.0. The summed E-state index contributed by atoms with van der Waals surface area (Å²) in [4.78, 5) is 0. The first-order valence-electron chi connectivity index (χ1n) is 19.2. The smallest absolute Gasteiger partial charge is 0.0541 e. The highest BCUT2D eigenvalue weighted by Crippen LogP contribution is 2.41. The lowest BCUT2D eigenvalue weighted by Crippen LogP contribution is -1.94. The molecule has 11 rings (SSSR count). The Morgan fingerprint density at radius 3 is 1.09 bits per heavy atom. The molecule has 2 aromatic heterocycles. The third-order valence-electron chi connectivity index (χ3n) is 11.2. The number of hydrogen-bond donors (Lipinski definition) is 0. The molecule has 0 bridgehead atoms. The van der Waals surface area contributed by atoms with Crippen molar-refractivity contribution in [3.63, 3.8) is 0 Å². The van der Waals surface area contributed by atoms with Gasteiger partial charge in [-0.3, -0.25) is 0 Å². The molecule has 1 nitrogen and oxygen atoms in total. The normalized spacial score (nSPS) is 11.6. The Balaban J connectivity index is 1.04. The van der Waals surface area contributed by atoms with Gasteiger partial charge in [-0.15, -0.1) is 11.3 Å². The van der Waals surface area contributed by atoms with Gasteiger partial charge in [0.1, 0.15) is 0 Å². The Labute approximate surface area is 330 Å².